The van der Waals surface area contributed by atoms with Gasteiger partial charge in [-0.1, -0.05) is 65.2 Å². The molecule has 0 aromatic heterocycles. The third-order valence-electron chi connectivity index (χ3n) is 5.48. The highest BCUT2D eigenvalue weighted by atomic mass is 15.1. The Morgan fingerprint density at radius 1 is 0.583 bits per heavy atom. The molecule has 1 saturated heterocycles. The summed E-state index contributed by atoms with van der Waals surface area (Å²) in [6.45, 7) is 12.6. The average molecular weight is 339 g/mol. The minimum Gasteiger partial charge on any atom is -0.303 e. The van der Waals surface area contributed by atoms with Gasteiger partial charge in [0.15, 0.2) is 0 Å². The first-order chi connectivity index (χ1) is 11.9. The molecule has 0 saturated carbocycles. The van der Waals surface area contributed by atoms with Gasteiger partial charge in [0.25, 0.3) is 0 Å². The lowest BCUT2D eigenvalue weighted by molar-refractivity contribution is 0.224. The highest BCUT2D eigenvalue weighted by Gasteiger charge is 2.08. The fourth-order valence-electron chi connectivity index (χ4n) is 4.06. The topological polar surface area (TPSA) is 6.48 Å². The molecule has 0 spiro atoms. The summed E-state index contributed by atoms with van der Waals surface area (Å²) in [5.41, 5.74) is 0. The molecular formula is C22H46N2. The molecule has 2 heteroatoms. The lowest BCUT2D eigenvalue weighted by Gasteiger charge is -2.26. The van der Waals surface area contributed by atoms with Gasteiger partial charge in [-0.15, -0.1) is 0 Å². The summed E-state index contributed by atoms with van der Waals surface area (Å²) >= 11 is 0. The minimum atomic E-state index is 1.30. The summed E-state index contributed by atoms with van der Waals surface area (Å²) in [7, 11) is 0. The van der Waals surface area contributed by atoms with E-state index < -0.39 is 0 Å². The van der Waals surface area contributed by atoms with Gasteiger partial charge < -0.3 is 9.80 Å². The Balaban J connectivity index is 1.78. The molecule has 1 rings (SSSR count). The number of rotatable bonds is 16. The number of piperidine rings is 1. The molecule has 2 nitrogen and oxygen atoms in total. The maximum atomic E-state index is 2.68. The third kappa shape index (κ3) is 12.3. The molecule has 0 aromatic carbocycles. The Labute approximate surface area is 153 Å². The molecule has 0 radical (unpaired) electrons. The Bertz CT molecular complexity index is 242. The predicted molar refractivity (Wildman–Crippen MR) is 109 cm³/mol. The molecule has 0 N–H and O–H groups in total. The first kappa shape index (κ1) is 22.0. The number of unbranched alkanes of at least 4 members (excludes halogenated alkanes) is 8. The van der Waals surface area contributed by atoms with E-state index in [1.165, 1.54) is 129 Å². The van der Waals surface area contributed by atoms with E-state index in [1.807, 2.05) is 0 Å². The van der Waals surface area contributed by atoms with E-state index in [9.17, 15) is 0 Å². The van der Waals surface area contributed by atoms with Gasteiger partial charge in [-0.2, -0.15) is 0 Å². The standard InChI is InChI=1S/C22H46N2/c1-3-17-23(18-4-2)19-13-10-8-6-5-7-9-11-14-20-24-21-15-12-16-22-24/h3-22H2,1-2H3. The van der Waals surface area contributed by atoms with Gasteiger partial charge in [0.1, 0.15) is 0 Å². The summed E-state index contributed by atoms with van der Waals surface area (Å²) in [4.78, 5) is 5.34. The summed E-state index contributed by atoms with van der Waals surface area (Å²) < 4.78 is 0. The molecule has 1 aliphatic rings. The van der Waals surface area contributed by atoms with Gasteiger partial charge in [-0.3, -0.25) is 0 Å². The van der Waals surface area contributed by atoms with E-state index in [0.29, 0.717) is 0 Å². The lowest BCUT2D eigenvalue weighted by atomic mass is 10.1. The predicted octanol–water partition coefficient (Wildman–Crippen LogP) is 6.11. The van der Waals surface area contributed by atoms with E-state index >= 15 is 0 Å². The molecule has 1 fully saturated rings. The van der Waals surface area contributed by atoms with Crippen LogP contribution < -0.4 is 0 Å². The number of hydrogen-bond donors (Lipinski definition) is 0. The zero-order chi connectivity index (χ0) is 17.3. The van der Waals surface area contributed by atoms with Gasteiger partial charge in [0.2, 0.25) is 0 Å². The highest BCUT2D eigenvalue weighted by molar-refractivity contribution is 4.64. The van der Waals surface area contributed by atoms with E-state index in [2.05, 4.69) is 23.6 Å². The van der Waals surface area contributed by atoms with Crippen molar-refractivity contribution in [1.29, 1.82) is 0 Å². The van der Waals surface area contributed by atoms with Crippen LogP contribution in [0.3, 0.4) is 0 Å². The molecule has 144 valence electrons. The van der Waals surface area contributed by atoms with Crippen molar-refractivity contribution in [3.05, 3.63) is 0 Å². The van der Waals surface area contributed by atoms with Crippen LogP contribution in [-0.4, -0.2) is 49.1 Å². The molecule has 1 heterocycles. The normalized spacial score (nSPS) is 16.1. The molecule has 0 unspecified atom stereocenters. The fourth-order valence-corrected chi connectivity index (χ4v) is 4.06. The first-order valence-corrected chi connectivity index (χ1v) is 11.3. The third-order valence-corrected chi connectivity index (χ3v) is 5.48. The van der Waals surface area contributed by atoms with Crippen molar-refractivity contribution in [1.82, 2.24) is 9.80 Å². The molecule has 0 atom stereocenters. The van der Waals surface area contributed by atoms with Crippen LogP contribution in [0.1, 0.15) is 104 Å². The number of hydrogen-bond acceptors (Lipinski definition) is 2. The first-order valence-electron chi connectivity index (χ1n) is 11.3. The minimum absolute atomic E-state index is 1.30. The summed E-state index contributed by atoms with van der Waals surface area (Å²) in [6, 6.07) is 0. The van der Waals surface area contributed by atoms with E-state index in [-0.39, 0.29) is 0 Å². The van der Waals surface area contributed by atoms with Crippen LogP contribution in [0.4, 0.5) is 0 Å². The van der Waals surface area contributed by atoms with Crippen molar-refractivity contribution >= 4 is 0 Å². The fraction of sp³-hybridized carbons (Fsp3) is 1.00. The Morgan fingerprint density at radius 2 is 1.08 bits per heavy atom. The average Bonchev–Trinajstić information content (AvgIpc) is 2.61. The lowest BCUT2D eigenvalue weighted by Crippen LogP contribution is -2.30. The molecule has 0 amide bonds. The number of nitrogens with zero attached hydrogens (tertiary/aromatic N) is 2. The maximum absolute atomic E-state index is 2.68. The van der Waals surface area contributed by atoms with Crippen molar-refractivity contribution in [3.63, 3.8) is 0 Å². The summed E-state index contributed by atoms with van der Waals surface area (Å²) in [5, 5.41) is 0. The second kappa shape index (κ2) is 16.4. The van der Waals surface area contributed by atoms with Crippen molar-refractivity contribution < 1.29 is 0 Å². The van der Waals surface area contributed by atoms with Crippen LogP contribution in [0.5, 0.6) is 0 Å². The molecular weight excluding hydrogens is 292 g/mol. The Hall–Kier alpha value is -0.0800. The smallest absolute Gasteiger partial charge is 0.00187 e. The van der Waals surface area contributed by atoms with Crippen molar-refractivity contribution in [2.75, 3.05) is 39.3 Å². The SMILES string of the molecule is CCCN(CCC)CCCCCCCCCCCN1CCCCC1. The van der Waals surface area contributed by atoms with Crippen LogP contribution in [0.2, 0.25) is 0 Å². The van der Waals surface area contributed by atoms with Crippen molar-refractivity contribution in [2.45, 2.75) is 104 Å². The second-order valence-corrected chi connectivity index (χ2v) is 7.93. The van der Waals surface area contributed by atoms with Gasteiger partial charge in [-0.05, 0) is 77.8 Å². The van der Waals surface area contributed by atoms with E-state index in [0.717, 1.165) is 0 Å². The van der Waals surface area contributed by atoms with Gasteiger partial charge in [0, 0.05) is 0 Å². The largest absolute Gasteiger partial charge is 0.303 e. The van der Waals surface area contributed by atoms with Gasteiger partial charge >= 0.3 is 0 Å². The molecule has 24 heavy (non-hydrogen) atoms. The van der Waals surface area contributed by atoms with E-state index in [4.69, 9.17) is 0 Å². The van der Waals surface area contributed by atoms with Gasteiger partial charge in [-0.25, -0.2) is 0 Å². The van der Waals surface area contributed by atoms with Crippen LogP contribution in [0, 0.1) is 0 Å². The van der Waals surface area contributed by atoms with Crippen LogP contribution in [0.25, 0.3) is 0 Å². The maximum Gasteiger partial charge on any atom is -0.00187 e. The Kier molecular flexibility index (Phi) is 15.0. The zero-order valence-corrected chi connectivity index (χ0v) is 17.0. The summed E-state index contributed by atoms with van der Waals surface area (Å²) in [6.07, 6.45) is 20.0. The molecule has 0 aromatic rings. The van der Waals surface area contributed by atoms with Crippen LogP contribution in [-0.2, 0) is 0 Å². The van der Waals surface area contributed by atoms with Crippen molar-refractivity contribution in [3.8, 4) is 0 Å². The van der Waals surface area contributed by atoms with Gasteiger partial charge in [0.05, 0.1) is 0 Å². The quantitative estimate of drug-likeness (QED) is 0.313. The zero-order valence-electron chi connectivity index (χ0n) is 17.0. The highest BCUT2D eigenvalue weighted by Crippen LogP contribution is 2.13. The molecule has 0 aliphatic carbocycles. The monoisotopic (exact) mass is 338 g/mol. The summed E-state index contributed by atoms with van der Waals surface area (Å²) in [5.74, 6) is 0. The van der Waals surface area contributed by atoms with E-state index in [1.54, 1.807) is 0 Å². The van der Waals surface area contributed by atoms with Crippen molar-refractivity contribution in [2.24, 2.45) is 0 Å². The second-order valence-electron chi connectivity index (χ2n) is 7.93. The number of likely N-dealkylation sites (tertiary alicyclic amines) is 1. The van der Waals surface area contributed by atoms with Crippen LogP contribution in [0.15, 0.2) is 0 Å². The molecule has 0 bridgehead atoms. The Morgan fingerprint density at radius 3 is 1.62 bits per heavy atom. The van der Waals surface area contributed by atoms with Crippen LogP contribution >= 0.6 is 0 Å². The molecule has 1 aliphatic heterocycles.